The molecule has 0 aliphatic rings. The number of methoxy groups -OCH3 is 1. The third-order valence-corrected chi connectivity index (χ3v) is 5.37. The molecular weight excluding hydrogens is 382 g/mol. The Labute approximate surface area is 184 Å². The van der Waals surface area contributed by atoms with E-state index in [1.165, 1.54) is 16.7 Å². The van der Waals surface area contributed by atoms with Gasteiger partial charge in [-0.15, -0.1) is 0 Å². The maximum Gasteiger partial charge on any atom is 0.161 e. The molecule has 3 nitrogen and oxygen atoms in total. The molecule has 156 valence electrons. The van der Waals surface area contributed by atoms with Crippen molar-refractivity contribution in [3.63, 3.8) is 0 Å². The molecule has 4 aromatic rings. The highest BCUT2D eigenvalue weighted by Gasteiger charge is 2.17. The summed E-state index contributed by atoms with van der Waals surface area (Å²) in [5.41, 5.74) is 4.92. The van der Waals surface area contributed by atoms with Crippen molar-refractivity contribution < 1.29 is 14.8 Å². The average Bonchev–Trinajstić information content (AvgIpc) is 2.85. The van der Waals surface area contributed by atoms with Crippen LogP contribution in [0, 0.1) is 0 Å². The summed E-state index contributed by atoms with van der Waals surface area (Å²) in [7, 11) is 1.69. The molecule has 0 bridgehead atoms. The fourth-order valence-electron chi connectivity index (χ4n) is 3.73. The van der Waals surface area contributed by atoms with Gasteiger partial charge in [0.15, 0.2) is 11.5 Å². The third kappa shape index (κ3) is 5.53. The smallest absolute Gasteiger partial charge is 0.161 e. The molecule has 4 rings (SSSR count). The van der Waals surface area contributed by atoms with Gasteiger partial charge in [-0.05, 0) is 23.8 Å². The lowest BCUT2D eigenvalue weighted by atomic mass is 9.98. The minimum atomic E-state index is 0.238. The van der Waals surface area contributed by atoms with Crippen molar-refractivity contribution in [2.75, 3.05) is 7.11 Å². The fourth-order valence-corrected chi connectivity index (χ4v) is 3.73. The molecule has 0 spiro atoms. The zero-order valence-electron chi connectivity index (χ0n) is 17.8. The van der Waals surface area contributed by atoms with Crippen LogP contribution in [0.25, 0.3) is 0 Å². The van der Waals surface area contributed by atoms with Crippen LogP contribution in [0.15, 0.2) is 109 Å². The Morgan fingerprint density at radius 1 is 0.645 bits per heavy atom. The Morgan fingerprint density at radius 3 is 1.81 bits per heavy atom. The van der Waals surface area contributed by atoms with Gasteiger partial charge in [0.25, 0.3) is 0 Å². The highest BCUT2D eigenvalue weighted by molar-refractivity contribution is 5.43. The Bertz CT molecular complexity index is 1030. The molecule has 0 saturated carbocycles. The molecule has 4 aromatic carbocycles. The molecule has 2 N–H and O–H groups in total. The van der Waals surface area contributed by atoms with Crippen molar-refractivity contribution in [1.29, 1.82) is 0 Å². The molecule has 0 aliphatic heterocycles. The Morgan fingerprint density at radius 2 is 1.23 bits per heavy atom. The lowest BCUT2D eigenvalue weighted by Crippen LogP contribution is -2.83. The van der Waals surface area contributed by atoms with Crippen LogP contribution in [-0.2, 0) is 13.2 Å². The monoisotopic (exact) mass is 410 g/mol. The van der Waals surface area contributed by atoms with Gasteiger partial charge in [0.2, 0.25) is 0 Å². The number of nitrogens with two attached hydrogens (primary N) is 1. The first-order valence-electron chi connectivity index (χ1n) is 10.6. The van der Waals surface area contributed by atoms with Gasteiger partial charge in [0, 0.05) is 16.7 Å². The summed E-state index contributed by atoms with van der Waals surface area (Å²) in [6, 6.07) is 37.9. The van der Waals surface area contributed by atoms with Crippen LogP contribution in [0.2, 0.25) is 0 Å². The van der Waals surface area contributed by atoms with E-state index >= 15 is 0 Å². The van der Waals surface area contributed by atoms with Crippen LogP contribution >= 0.6 is 0 Å². The first-order valence-corrected chi connectivity index (χ1v) is 10.6. The van der Waals surface area contributed by atoms with Crippen molar-refractivity contribution in [1.82, 2.24) is 0 Å². The summed E-state index contributed by atoms with van der Waals surface area (Å²) in [5, 5.41) is 2.37. The molecule has 0 saturated heterocycles. The van der Waals surface area contributed by atoms with Gasteiger partial charge in [-0.25, -0.2) is 0 Å². The molecule has 0 atom stereocenters. The molecule has 31 heavy (non-hydrogen) atoms. The minimum absolute atomic E-state index is 0.238. The van der Waals surface area contributed by atoms with E-state index in [2.05, 4.69) is 90.2 Å². The summed E-state index contributed by atoms with van der Waals surface area (Å²) in [6.45, 7) is 1.36. The summed E-state index contributed by atoms with van der Waals surface area (Å²) < 4.78 is 11.6. The fraction of sp³-hybridized carbons (Fsp3) is 0.143. The van der Waals surface area contributed by atoms with Crippen LogP contribution in [0.4, 0.5) is 0 Å². The van der Waals surface area contributed by atoms with Gasteiger partial charge < -0.3 is 14.8 Å². The minimum Gasteiger partial charge on any atom is -0.493 e. The van der Waals surface area contributed by atoms with E-state index in [0.29, 0.717) is 6.61 Å². The van der Waals surface area contributed by atoms with E-state index in [1.54, 1.807) is 7.11 Å². The van der Waals surface area contributed by atoms with E-state index in [4.69, 9.17) is 9.47 Å². The van der Waals surface area contributed by atoms with Crippen LogP contribution in [0.5, 0.6) is 11.5 Å². The van der Waals surface area contributed by atoms with E-state index in [-0.39, 0.29) is 6.04 Å². The molecule has 0 aliphatic carbocycles. The van der Waals surface area contributed by atoms with Gasteiger partial charge in [-0.1, -0.05) is 91.0 Å². The number of rotatable bonds is 9. The SMILES string of the molecule is COc1cc(C[NH2+]C(c2ccccc2)c2ccccc2)ccc1OCc1ccccc1. The largest absolute Gasteiger partial charge is 0.493 e. The van der Waals surface area contributed by atoms with Crippen molar-refractivity contribution in [3.8, 4) is 11.5 Å². The van der Waals surface area contributed by atoms with Crippen LogP contribution in [0.3, 0.4) is 0 Å². The molecule has 0 fully saturated rings. The van der Waals surface area contributed by atoms with Crippen LogP contribution < -0.4 is 14.8 Å². The van der Waals surface area contributed by atoms with Crippen molar-refractivity contribution >= 4 is 0 Å². The van der Waals surface area contributed by atoms with Crippen molar-refractivity contribution in [3.05, 3.63) is 131 Å². The van der Waals surface area contributed by atoms with Gasteiger partial charge in [-0.3, -0.25) is 0 Å². The molecule has 0 heterocycles. The lowest BCUT2D eigenvalue weighted by molar-refractivity contribution is -0.702. The van der Waals surface area contributed by atoms with Crippen LogP contribution in [0.1, 0.15) is 28.3 Å². The quantitative estimate of drug-likeness (QED) is 0.415. The summed E-state index contributed by atoms with van der Waals surface area (Å²) in [5.74, 6) is 1.52. The molecule has 0 amide bonds. The number of hydrogen-bond donors (Lipinski definition) is 1. The standard InChI is InChI=1S/C28H27NO2/c1-30-27-19-23(17-18-26(27)31-21-22-11-5-2-6-12-22)20-29-28(24-13-7-3-8-14-24)25-15-9-4-10-16-25/h2-19,28-29H,20-21H2,1H3/p+1. The first kappa shape index (κ1) is 20.7. The van der Waals surface area contributed by atoms with E-state index < -0.39 is 0 Å². The molecule has 0 radical (unpaired) electrons. The van der Waals surface area contributed by atoms with Gasteiger partial charge >= 0.3 is 0 Å². The van der Waals surface area contributed by atoms with Gasteiger partial charge in [0.05, 0.1) is 7.11 Å². The van der Waals surface area contributed by atoms with Gasteiger partial charge in [-0.2, -0.15) is 0 Å². The Hall–Kier alpha value is -3.56. The molecule has 0 unspecified atom stereocenters. The van der Waals surface area contributed by atoms with Crippen LogP contribution in [-0.4, -0.2) is 7.11 Å². The second-order valence-corrected chi connectivity index (χ2v) is 7.50. The second kappa shape index (κ2) is 10.5. The van der Waals surface area contributed by atoms with E-state index in [9.17, 15) is 0 Å². The molecular formula is C28H28NO2+. The summed E-state index contributed by atoms with van der Waals surface area (Å²) in [4.78, 5) is 0. The van der Waals surface area contributed by atoms with E-state index in [0.717, 1.165) is 23.6 Å². The first-order chi connectivity index (χ1) is 15.3. The van der Waals surface area contributed by atoms with E-state index in [1.807, 2.05) is 24.3 Å². The van der Waals surface area contributed by atoms with Gasteiger partial charge in [0.1, 0.15) is 19.2 Å². The second-order valence-electron chi connectivity index (χ2n) is 7.50. The number of hydrogen-bond acceptors (Lipinski definition) is 2. The summed E-state index contributed by atoms with van der Waals surface area (Å²) >= 11 is 0. The normalized spacial score (nSPS) is 10.8. The molecule has 3 heteroatoms. The Kier molecular flexibility index (Phi) is 6.99. The van der Waals surface area contributed by atoms with Crippen molar-refractivity contribution in [2.45, 2.75) is 19.2 Å². The summed E-state index contributed by atoms with van der Waals surface area (Å²) in [6.07, 6.45) is 0. The Balaban J connectivity index is 1.47. The topological polar surface area (TPSA) is 35.1 Å². The highest BCUT2D eigenvalue weighted by Crippen LogP contribution is 2.29. The zero-order chi connectivity index (χ0) is 21.3. The average molecular weight is 411 g/mol. The molecule has 0 aromatic heterocycles. The number of ether oxygens (including phenoxy) is 2. The predicted octanol–water partition coefficient (Wildman–Crippen LogP) is 5.13. The zero-order valence-corrected chi connectivity index (χ0v) is 17.8. The lowest BCUT2D eigenvalue weighted by Gasteiger charge is -2.17. The predicted molar refractivity (Wildman–Crippen MR) is 124 cm³/mol. The number of benzene rings is 4. The van der Waals surface area contributed by atoms with Crippen molar-refractivity contribution in [2.24, 2.45) is 0 Å². The maximum absolute atomic E-state index is 6.00. The highest BCUT2D eigenvalue weighted by atomic mass is 16.5. The third-order valence-electron chi connectivity index (χ3n) is 5.37. The number of quaternary nitrogens is 1. The maximum atomic E-state index is 6.00.